The Balaban J connectivity index is 2.44. The molecule has 0 aliphatic carbocycles. The zero-order valence-corrected chi connectivity index (χ0v) is 12.0. The molecule has 2 aromatic rings. The van der Waals surface area contributed by atoms with Crippen LogP contribution >= 0.6 is 11.3 Å². The van der Waals surface area contributed by atoms with E-state index in [2.05, 4.69) is 15.0 Å². The molecular formula is C12H13N3O4S. The predicted octanol–water partition coefficient (Wildman–Crippen LogP) is 0.874. The fraction of sp³-hybridized carbons (Fsp3) is 0.333. The molecule has 2 rings (SSSR count). The van der Waals surface area contributed by atoms with Crippen LogP contribution in [-0.4, -0.2) is 27.9 Å². The monoisotopic (exact) mass is 295 g/mol. The van der Waals surface area contributed by atoms with Crippen LogP contribution in [0.3, 0.4) is 0 Å². The molecule has 0 fully saturated rings. The Hall–Kier alpha value is -2.22. The normalized spacial score (nSPS) is 10.6. The summed E-state index contributed by atoms with van der Waals surface area (Å²) >= 11 is 1.33. The Kier molecular flexibility index (Phi) is 3.84. The van der Waals surface area contributed by atoms with E-state index in [0.717, 1.165) is 0 Å². The van der Waals surface area contributed by atoms with Crippen molar-refractivity contribution in [3.05, 3.63) is 27.1 Å². The van der Waals surface area contributed by atoms with Gasteiger partial charge in [0.2, 0.25) is 0 Å². The van der Waals surface area contributed by atoms with Crippen LogP contribution in [0.2, 0.25) is 0 Å². The summed E-state index contributed by atoms with van der Waals surface area (Å²) in [6, 6.07) is 0. The first kappa shape index (κ1) is 14.2. The van der Waals surface area contributed by atoms with Crippen molar-refractivity contribution in [3.8, 4) is 0 Å². The number of esters is 1. The number of carbonyl (C=O) groups excluding carboxylic acids is 2. The lowest BCUT2D eigenvalue weighted by Crippen LogP contribution is -2.30. The van der Waals surface area contributed by atoms with Crippen LogP contribution in [0.1, 0.15) is 18.3 Å². The maximum absolute atomic E-state index is 12.3. The highest BCUT2D eigenvalue weighted by molar-refractivity contribution is 7.15. The predicted molar refractivity (Wildman–Crippen MR) is 74.1 cm³/mol. The third-order valence-electron chi connectivity index (χ3n) is 2.62. The number of amides is 1. The van der Waals surface area contributed by atoms with Crippen molar-refractivity contribution in [1.82, 2.24) is 9.38 Å². The molecule has 0 bridgehead atoms. The molecule has 0 saturated heterocycles. The first-order valence-corrected chi connectivity index (χ1v) is 6.79. The van der Waals surface area contributed by atoms with Gasteiger partial charge in [0.15, 0.2) is 4.96 Å². The molecule has 8 heteroatoms. The van der Waals surface area contributed by atoms with Crippen molar-refractivity contribution < 1.29 is 14.3 Å². The molecule has 7 nitrogen and oxygen atoms in total. The number of nitrogens with zero attached hydrogens (tertiary/aromatic N) is 2. The molecular weight excluding hydrogens is 282 g/mol. The Bertz CT molecular complexity index is 747. The molecule has 0 atom stereocenters. The largest absolute Gasteiger partial charge is 0.459 e. The first-order valence-electron chi connectivity index (χ1n) is 5.91. The Morgan fingerprint density at radius 3 is 2.80 bits per heavy atom. The van der Waals surface area contributed by atoms with Gasteiger partial charge in [-0.05, 0) is 20.8 Å². The van der Waals surface area contributed by atoms with Gasteiger partial charge in [0, 0.05) is 11.1 Å². The van der Waals surface area contributed by atoms with E-state index in [1.165, 1.54) is 15.7 Å². The standard InChI is InChI=1S/C12H13N3O4S/c1-4-19-11(18)9(16)14-8-7(3)13-12-15(10(8)17)6(2)5-20-12/h5H,4H2,1-3H3,(H,14,16). The summed E-state index contributed by atoms with van der Waals surface area (Å²) in [4.78, 5) is 40.0. The molecule has 0 saturated carbocycles. The average molecular weight is 295 g/mol. The topological polar surface area (TPSA) is 89.8 Å². The Labute approximate surface area is 118 Å². The van der Waals surface area contributed by atoms with Gasteiger partial charge in [0.1, 0.15) is 5.69 Å². The second kappa shape index (κ2) is 5.41. The van der Waals surface area contributed by atoms with Gasteiger partial charge in [-0.2, -0.15) is 0 Å². The van der Waals surface area contributed by atoms with Crippen molar-refractivity contribution in [2.24, 2.45) is 0 Å². The van der Waals surface area contributed by atoms with E-state index in [1.54, 1.807) is 26.2 Å². The number of nitrogens with one attached hydrogen (secondary N) is 1. The van der Waals surface area contributed by atoms with E-state index in [4.69, 9.17) is 0 Å². The minimum absolute atomic E-state index is 0.0120. The van der Waals surface area contributed by atoms with Crippen molar-refractivity contribution in [2.75, 3.05) is 11.9 Å². The third kappa shape index (κ3) is 2.42. The molecule has 2 aromatic heterocycles. The molecule has 20 heavy (non-hydrogen) atoms. The van der Waals surface area contributed by atoms with Crippen LogP contribution in [-0.2, 0) is 14.3 Å². The number of fused-ring (bicyclic) bond motifs is 1. The van der Waals surface area contributed by atoms with Crippen molar-refractivity contribution >= 4 is 33.9 Å². The smallest absolute Gasteiger partial charge is 0.397 e. The van der Waals surface area contributed by atoms with E-state index in [-0.39, 0.29) is 12.3 Å². The van der Waals surface area contributed by atoms with Gasteiger partial charge >= 0.3 is 11.9 Å². The van der Waals surface area contributed by atoms with Crippen LogP contribution in [0.25, 0.3) is 4.96 Å². The molecule has 1 N–H and O–H groups in total. The van der Waals surface area contributed by atoms with Crippen molar-refractivity contribution in [1.29, 1.82) is 0 Å². The summed E-state index contributed by atoms with van der Waals surface area (Å²) in [5.41, 5.74) is 0.648. The summed E-state index contributed by atoms with van der Waals surface area (Å²) in [7, 11) is 0. The number of thiazole rings is 1. The van der Waals surface area contributed by atoms with E-state index in [0.29, 0.717) is 16.3 Å². The number of aryl methyl sites for hydroxylation is 2. The minimum atomic E-state index is -1.03. The molecule has 0 spiro atoms. The lowest BCUT2D eigenvalue weighted by Gasteiger charge is -2.07. The maximum atomic E-state index is 12.3. The summed E-state index contributed by atoms with van der Waals surface area (Å²) in [5, 5.41) is 4.06. The quantitative estimate of drug-likeness (QED) is 0.656. The molecule has 2 heterocycles. The maximum Gasteiger partial charge on any atom is 0.397 e. The van der Waals surface area contributed by atoms with Gasteiger partial charge in [0.05, 0.1) is 12.3 Å². The van der Waals surface area contributed by atoms with Crippen LogP contribution in [0, 0.1) is 13.8 Å². The molecule has 0 aliphatic rings. The Morgan fingerprint density at radius 1 is 1.45 bits per heavy atom. The zero-order valence-electron chi connectivity index (χ0n) is 11.2. The number of hydrogen-bond donors (Lipinski definition) is 1. The highest BCUT2D eigenvalue weighted by Crippen LogP contribution is 2.15. The van der Waals surface area contributed by atoms with Crippen LogP contribution in [0.15, 0.2) is 10.2 Å². The van der Waals surface area contributed by atoms with Crippen molar-refractivity contribution in [3.63, 3.8) is 0 Å². The van der Waals surface area contributed by atoms with E-state index in [1.807, 2.05) is 0 Å². The van der Waals surface area contributed by atoms with Gasteiger partial charge in [-0.1, -0.05) is 0 Å². The highest BCUT2D eigenvalue weighted by Gasteiger charge is 2.20. The summed E-state index contributed by atoms with van der Waals surface area (Å²) < 4.78 is 5.96. The third-order valence-corrected chi connectivity index (χ3v) is 3.56. The van der Waals surface area contributed by atoms with Gasteiger partial charge in [-0.25, -0.2) is 9.78 Å². The average Bonchev–Trinajstić information content (AvgIpc) is 2.75. The molecule has 0 aromatic carbocycles. The summed E-state index contributed by atoms with van der Waals surface area (Å²) in [5.74, 6) is -2.01. The lowest BCUT2D eigenvalue weighted by atomic mass is 10.3. The number of anilines is 1. The van der Waals surface area contributed by atoms with Gasteiger partial charge in [-0.3, -0.25) is 14.0 Å². The summed E-state index contributed by atoms with van der Waals surface area (Å²) in [6.07, 6.45) is 0. The highest BCUT2D eigenvalue weighted by atomic mass is 32.1. The SMILES string of the molecule is CCOC(=O)C(=O)Nc1c(C)nc2scc(C)n2c1=O. The van der Waals surface area contributed by atoms with Crippen molar-refractivity contribution in [2.45, 2.75) is 20.8 Å². The number of rotatable bonds is 2. The van der Waals surface area contributed by atoms with E-state index >= 15 is 0 Å². The molecule has 106 valence electrons. The fourth-order valence-electron chi connectivity index (χ4n) is 1.69. The molecule has 1 amide bonds. The Morgan fingerprint density at radius 2 is 2.15 bits per heavy atom. The summed E-state index contributed by atoms with van der Waals surface area (Å²) in [6.45, 7) is 5.04. The minimum Gasteiger partial charge on any atom is -0.459 e. The van der Waals surface area contributed by atoms with Crippen LogP contribution in [0.5, 0.6) is 0 Å². The second-order valence-corrected chi connectivity index (χ2v) is 4.88. The second-order valence-electron chi connectivity index (χ2n) is 4.05. The van der Waals surface area contributed by atoms with Gasteiger partial charge < -0.3 is 10.1 Å². The molecule has 0 unspecified atom stereocenters. The molecule has 0 radical (unpaired) electrons. The van der Waals surface area contributed by atoms with Gasteiger partial charge in [0.25, 0.3) is 5.56 Å². The van der Waals surface area contributed by atoms with E-state index < -0.39 is 17.4 Å². The number of ether oxygens (including phenoxy) is 1. The zero-order chi connectivity index (χ0) is 14.9. The van der Waals surface area contributed by atoms with E-state index in [9.17, 15) is 14.4 Å². The fourth-order valence-corrected chi connectivity index (χ4v) is 2.59. The molecule has 0 aliphatic heterocycles. The first-order chi connectivity index (χ1) is 9.45. The van der Waals surface area contributed by atoms with Gasteiger partial charge in [-0.15, -0.1) is 11.3 Å². The lowest BCUT2D eigenvalue weighted by molar-refractivity contribution is -0.152. The number of carbonyl (C=O) groups is 2. The van der Waals surface area contributed by atoms with Crippen LogP contribution < -0.4 is 10.9 Å². The van der Waals surface area contributed by atoms with Crippen LogP contribution in [0.4, 0.5) is 5.69 Å². The number of hydrogen-bond acceptors (Lipinski definition) is 6. The number of aromatic nitrogens is 2.